The predicted molar refractivity (Wildman–Crippen MR) is 79.6 cm³/mol. The van der Waals surface area contributed by atoms with Crippen LogP contribution in [0.4, 0.5) is 5.69 Å². The second-order valence-corrected chi connectivity index (χ2v) is 5.57. The van der Waals surface area contributed by atoms with Gasteiger partial charge in [-0.25, -0.2) is 0 Å². The fourth-order valence-electron chi connectivity index (χ4n) is 3.04. The van der Waals surface area contributed by atoms with E-state index in [2.05, 4.69) is 5.32 Å². The average Bonchev–Trinajstić information content (AvgIpc) is 2.94. The zero-order valence-corrected chi connectivity index (χ0v) is 12.2. The highest BCUT2D eigenvalue weighted by Gasteiger charge is 2.31. The van der Waals surface area contributed by atoms with Gasteiger partial charge in [-0.05, 0) is 37.8 Å². The second kappa shape index (κ2) is 6.67. The molecule has 1 amide bonds. The Labute approximate surface area is 123 Å². The first-order chi connectivity index (χ1) is 10.0. The zero-order chi connectivity index (χ0) is 15.4. The van der Waals surface area contributed by atoms with Crippen molar-refractivity contribution < 1.29 is 9.72 Å². The van der Waals surface area contributed by atoms with Crippen LogP contribution < -0.4 is 11.1 Å². The molecule has 1 aliphatic carbocycles. The van der Waals surface area contributed by atoms with Crippen molar-refractivity contribution in [3.63, 3.8) is 0 Å². The minimum Gasteiger partial charge on any atom is -0.352 e. The van der Waals surface area contributed by atoms with Crippen molar-refractivity contribution in [1.82, 2.24) is 5.32 Å². The van der Waals surface area contributed by atoms with Gasteiger partial charge >= 0.3 is 0 Å². The van der Waals surface area contributed by atoms with Crippen molar-refractivity contribution in [2.45, 2.75) is 32.7 Å². The average molecular weight is 291 g/mol. The maximum Gasteiger partial charge on any atom is 0.272 e. The first-order valence-corrected chi connectivity index (χ1v) is 7.25. The number of nitrogens with zero attached hydrogens (tertiary/aromatic N) is 1. The molecule has 114 valence electrons. The standard InChI is InChI=1S/C15H21N3O3/c1-10-12(5-3-7-14(10)18(20)21)9-17-15(19)13-6-2-4-11(13)8-16/h3,5,7,11,13H,2,4,6,8-9,16H2,1H3,(H,17,19). The monoisotopic (exact) mass is 291 g/mol. The molecule has 6 nitrogen and oxygen atoms in total. The van der Waals surface area contributed by atoms with E-state index >= 15 is 0 Å². The van der Waals surface area contributed by atoms with Crippen LogP contribution in [0, 0.1) is 28.9 Å². The summed E-state index contributed by atoms with van der Waals surface area (Å²) in [5.41, 5.74) is 7.16. The van der Waals surface area contributed by atoms with Crippen LogP contribution in [0.15, 0.2) is 18.2 Å². The van der Waals surface area contributed by atoms with Gasteiger partial charge in [-0.2, -0.15) is 0 Å². The summed E-state index contributed by atoms with van der Waals surface area (Å²) < 4.78 is 0. The molecule has 0 bridgehead atoms. The molecule has 21 heavy (non-hydrogen) atoms. The molecule has 2 unspecified atom stereocenters. The molecule has 1 aromatic carbocycles. The maximum atomic E-state index is 12.2. The van der Waals surface area contributed by atoms with Crippen LogP contribution in [0.25, 0.3) is 0 Å². The molecule has 1 aliphatic rings. The molecule has 6 heteroatoms. The van der Waals surface area contributed by atoms with E-state index in [1.165, 1.54) is 6.07 Å². The Balaban J connectivity index is 2.02. The smallest absolute Gasteiger partial charge is 0.272 e. The molecular weight excluding hydrogens is 270 g/mol. The number of nitrogens with one attached hydrogen (secondary N) is 1. The minimum atomic E-state index is -0.401. The lowest BCUT2D eigenvalue weighted by Gasteiger charge is -2.17. The SMILES string of the molecule is Cc1c(CNC(=O)C2CCCC2CN)cccc1[N+](=O)[O-]. The maximum absolute atomic E-state index is 12.2. The van der Waals surface area contributed by atoms with Gasteiger partial charge in [0, 0.05) is 24.1 Å². The molecule has 3 N–H and O–H groups in total. The Hall–Kier alpha value is -1.95. The van der Waals surface area contributed by atoms with E-state index in [-0.39, 0.29) is 23.4 Å². The van der Waals surface area contributed by atoms with Crippen molar-refractivity contribution in [2.24, 2.45) is 17.6 Å². The van der Waals surface area contributed by atoms with Crippen molar-refractivity contribution in [2.75, 3.05) is 6.54 Å². The van der Waals surface area contributed by atoms with Gasteiger partial charge in [-0.1, -0.05) is 18.6 Å². The third-order valence-corrected chi connectivity index (χ3v) is 4.37. The number of nitrogens with two attached hydrogens (primary N) is 1. The highest BCUT2D eigenvalue weighted by atomic mass is 16.6. The van der Waals surface area contributed by atoms with E-state index < -0.39 is 4.92 Å². The molecule has 1 fully saturated rings. The summed E-state index contributed by atoms with van der Waals surface area (Å²) in [7, 11) is 0. The van der Waals surface area contributed by atoms with Crippen LogP contribution in [0.3, 0.4) is 0 Å². The summed E-state index contributed by atoms with van der Waals surface area (Å²) in [6.45, 7) is 2.56. The molecular formula is C15H21N3O3. The topological polar surface area (TPSA) is 98.3 Å². The molecule has 1 aromatic rings. The number of hydrogen-bond acceptors (Lipinski definition) is 4. The van der Waals surface area contributed by atoms with E-state index in [0.717, 1.165) is 24.8 Å². The van der Waals surface area contributed by atoms with Gasteiger partial charge in [-0.15, -0.1) is 0 Å². The number of carbonyl (C=O) groups is 1. The summed E-state index contributed by atoms with van der Waals surface area (Å²) in [4.78, 5) is 22.7. The number of nitro benzene ring substituents is 1. The number of carbonyl (C=O) groups excluding carboxylic acids is 1. The third-order valence-electron chi connectivity index (χ3n) is 4.37. The zero-order valence-electron chi connectivity index (χ0n) is 12.2. The van der Waals surface area contributed by atoms with Crippen LogP contribution in [0.5, 0.6) is 0 Å². The summed E-state index contributed by atoms with van der Waals surface area (Å²) >= 11 is 0. The predicted octanol–water partition coefficient (Wildman–Crippen LogP) is 1.89. The van der Waals surface area contributed by atoms with Gasteiger partial charge in [0.25, 0.3) is 5.69 Å². The molecule has 0 aromatic heterocycles. The first kappa shape index (κ1) is 15.4. The molecule has 0 radical (unpaired) electrons. The number of benzene rings is 1. The Morgan fingerprint density at radius 1 is 1.48 bits per heavy atom. The molecule has 2 atom stereocenters. The molecule has 0 spiro atoms. The first-order valence-electron chi connectivity index (χ1n) is 7.25. The summed E-state index contributed by atoms with van der Waals surface area (Å²) in [6.07, 6.45) is 2.92. The Morgan fingerprint density at radius 2 is 2.24 bits per heavy atom. The number of rotatable bonds is 5. The highest BCUT2D eigenvalue weighted by Crippen LogP contribution is 2.31. The van der Waals surface area contributed by atoms with Gasteiger partial charge < -0.3 is 11.1 Å². The highest BCUT2D eigenvalue weighted by molar-refractivity contribution is 5.79. The van der Waals surface area contributed by atoms with Crippen molar-refractivity contribution >= 4 is 11.6 Å². The van der Waals surface area contributed by atoms with Crippen molar-refractivity contribution in [1.29, 1.82) is 0 Å². The van der Waals surface area contributed by atoms with Crippen molar-refractivity contribution in [3.8, 4) is 0 Å². The Bertz CT molecular complexity index is 545. The van der Waals surface area contributed by atoms with E-state index in [1.807, 2.05) is 0 Å². The van der Waals surface area contributed by atoms with E-state index in [4.69, 9.17) is 5.73 Å². The lowest BCUT2D eigenvalue weighted by atomic mass is 9.95. The summed E-state index contributed by atoms with van der Waals surface area (Å²) in [5, 5.41) is 13.8. The van der Waals surface area contributed by atoms with Gasteiger partial charge in [0.2, 0.25) is 5.91 Å². The van der Waals surface area contributed by atoms with Crippen molar-refractivity contribution in [3.05, 3.63) is 39.4 Å². The largest absolute Gasteiger partial charge is 0.352 e. The lowest BCUT2D eigenvalue weighted by molar-refractivity contribution is -0.385. The molecule has 0 aliphatic heterocycles. The number of amides is 1. The van der Waals surface area contributed by atoms with Crippen LogP contribution in [0.1, 0.15) is 30.4 Å². The Kier molecular flexibility index (Phi) is 4.90. The van der Waals surface area contributed by atoms with E-state index in [9.17, 15) is 14.9 Å². The number of nitro groups is 1. The quantitative estimate of drug-likeness (QED) is 0.639. The van der Waals surface area contributed by atoms with Crippen LogP contribution in [-0.2, 0) is 11.3 Å². The van der Waals surface area contributed by atoms with Gasteiger partial charge in [0.15, 0.2) is 0 Å². The molecule has 2 rings (SSSR count). The molecule has 0 saturated heterocycles. The second-order valence-electron chi connectivity index (χ2n) is 5.57. The van der Waals surface area contributed by atoms with Crippen LogP contribution in [0.2, 0.25) is 0 Å². The van der Waals surface area contributed by atoms with E-state index in [0.29, 0.717) is 18.7 Å². The van der Waals surface area contributed by atoms with Gasteiger partial charge in [-0.3, -0.25) is 14.9 Å². The number of hydrogen-bond donors (Lipinski definition) is 2. The molecule has 0 heterocycles. The fourth-order valence-corrected chi connectivity index (χ4v) is 3.04. The van der Waals surface area contributed by atoms with Gasteiger partial charge in [0.05, 0.1) is 4.92 Å². The summed E-state index contributed by atoms with van der Waals surface area (Å²) in [5.74, 6) is 0.249. The van der Waals surface area contributed by atoms with Crippen LogP contribution in [-0.4, -0.2) is 17.4 Å². The van der Waals surface area contributed by atoms with E-state index in [1.54, 1.807) is 19.1 Å². The molecule has 1 saturated carbocycles. The lowest BCUT2D eigenvalue weighted by Crippen LogP contribution is -2.34. The van der Waals surface area contributed by atoms with Gasteiger partial charge in [0.1, 0.15) is 0 Å². The normalized spacial score (nSPS) is 21.2. The fraction of sp³-hybridized carbons (Fsp3) is 0.533. The summed E-state index contributed by atoms with van der Waals surface area (Å²) in [6, 6.07) is 4.92. The Morgan fingerprint density at radius 3 is 2.90 bits per heavy atom. The third kappa shape index (κ3) is 3.39. The van der Waals surface area contributed by atoms with Crippen LogP contribution >= 0.6 is 0 Å². The minimum absolute atomic E-state index is 0.00820.